The van der Waals surface area contributed by atoms with Gasteiger partial charge in [-0.25, -0.2) is 0 Å². The van der Waals surface area contributed by atoms with Crippen LogP contribution in [0.15, 0.2) is 0 Å². The Morgan fingerprint density at radius 1 is 1.69 bits per heavy atom. The number of nitrogens with one attached hydrogen (secondary N) is 1. The van der Waals surface area contributed by atoms with Crippen molar-refractivity contribution in [2.24, 2.45) is 0 Å². The number of esters is 1. The Morgan fingerprint density at radius 3 is 3.00 bits per heavy atom. The highest BCUT2D eigenvalue weighted by Crippen LogP contribution is 2.09. The Labute approximate surface area is 79.8 Å². The third-order valence-electron chi connectivity index (χ3n) is 2.36. The van der Waals surface area contributed by atoms with Crippen molar-refractivity contribution in [3.63, 3.8) is 0 Å². The van der Waals surface area contributed by atoms with Crippen LogP contribution in [0.1, 0.15) is 39.5 Å². The van der Waals surface area contributed by atoms with Gasteiger partial charge < -0.3 is 10.1 Å². The van der Waals surface area contributed by atoms with Crippen LogP contribution in [0.3, 0.4) is 0 Å². The molecule has 1 saturated heterocycles. The Bertz CT molecular complexity index is 164. The topological polar surface area (TPSA) is 38.3 Å². The fourth-order valence-corrected chi connectivity index (χ4v) is 1.63. The van der Waals surface area contributed by atoms with Gasteiger partial charge in [-0.15, -0.1) is 0 Å². The Hall–Kier alpha value is -0.570. The van der Waals surface area contributed by atoms with E-state index in [-0.39, 0.29) is 18.1 Å². The Morgan fingerprint density at radius 2 is 2.46 bits per heavy atom. The molecule has 1 aliphatic rings. The van der Waals surface area contributed by atoms with Crippen molar-refractivity contribution in [2.75, 3.05) is 6.54 Å². The Balaban J connectivity index is 2.23. The van der Waals surface area contributed by atoms with E-state index in [1.807, 2.05) is 6.92 Å². The molecule has 1 unspecified atom stereocenters. The van der Waals surface area contributed by atoms with E-state index in [1.165, 1.54) is 0 Å². The van der Waals surface area contributed by atoms with Gasteiger partial charge in [-0.3, -0.25) is 4.79 Å². The molecule has 1 aliphatic heterocycles. The molecule has 0 bridgehead atoms. The maximum atomic E-state index is 11.4. The van der Waals surface area contributed by atoms with Crippen LogP contribution in [0.2, 0.25) is 0 Å². The van der Waals surface area contributed by atoms with Crippen LogP contribution in [0, 0.1) is 0 Å². The summed E-state index contributed by atoms with van der Waals surface area (Å²) in [6.45, 7) is 5.00. The summed E-state index contributed by atoms with van der Waals surface area (Å²) in [5.74, 6) is -0.0709. The van der Waals surface area contributed by atoms with Crippen LogP contribution < -0.4 is 5.32 Å². The molecule has 0 spiro atoms. The number of carbonyl (C=O) groups excluding carboxylic acids is 1. The molecule has 1 fully saturated rings. The largest absolute Gasteiger partial charge is 0.462 e. The average molecular weight is 185 g/mol. The lowest BCUT2D eigenvalue weighted by molar-refractivity contribution is -0.150. The number of hydrogen-bond donors (Lipinski definition) is 1. The van der Waals surface area contributed by atoms with Gasteiger partial charge >= 0.3 is 5.97 Å². The van der Waals surface area contributed by atoms with Crippen LogP contribution >= 0.6 is 0 Å². The zero-order valence-corrected chi connectivity index (χ0v) is 8.51. The highest BCUT2D eigenvalue weighted by Gasteiger charge is 2.24. The summed E-state index contributed by atoms with van der Waals surface area (Å²) in [5, 5.41) is 3.13. The molecule has 0 aliphatic carbocycles. The van der Waals surface area contributed by atoms with Crippen molar-refractivity contribution in [2.45, 2.75) is 51.7 Å². The standard InChI is InChI=1S/C10H19NO2/c1-3-5-8(2)13-10(12)9-6-4-7-11-9/h8-9,11H,3-7H2,1-2H3/t8?,9-/m0/s1. The van der Waals surface area contributed by atoms with E-state index in [4.69, 9.17) is 4.74 Å². The van der Waals surface area contributed by atoms with Gasteiger partial charge in [0.05, 0.1) is 6.10 Å². The molecule has 3 nitrogen and oxygen atoms in total. The van der Waals surface area contributed by atoms with E-state index in [2.05, 4.69) is 12.2 Å². The molecule has 76 valence electrons. The molecule has 0 aromatic heterocycles. The van der Waals surface area contributed by atoms with Crippen molar-refractivity contribution in [1.82, 2.24) is 5.32 Å². The number of carbonyl (C=O) groups is 1. The van der Waals surface area contributed by atoms with Gasteiger partial charge in [-0.05, 0) is 32.7 Å². The first kappa shape index (κ1) is 10.5. The van der Waals surface area contributed by atoms with Crippen molar-refractivity contribution < 1.29 is 9.53 Å². The van der Waals surface area contributed by atoms with Gasteiger partial charge in [-0.1, -0.05) is 13.3 Å². The first-order chi connectivity index (χ1) is 6.24. The second-order valence-electron chi connectivity index (χ2n) is 3.69. The molecule has 1 N–H and O–H groups in total. The van der Waals surface area contributed by atoms with Crippen LogP contribution in [-0.4, -0.2) is 24.7 Å². The second kappa shape index (κ2) is 5.22. The average Bonchev–Trinajstić information content (AvgIpc) is 2.55. The molecule has 0 radical (unpaired) electrons. The van der Waals surface area contributed by atoms with Gasteiger partial charge in [0.2, 0.25) is 0 Å². The van der Waals surface area contributed by atoms with E-state index in [9.17, 15) is 4.79 Å². The number of rotatable bonds is 4. The van der Waals surface area contributed by atoms with E-state index >= 15 is 0 Å². The molecule has 2 atom stereocenters. The van der Waals surface area contributed by atoms with Crippen molar-refractivity contribution in [3.05, 3.63) is 0 Å². The van der Waals surface area contributed by atoms with Gasteiger partial charge in [0.25, 0.3) is 0 Å². The molecule has 0 aromatic carbocycles. The van der Waals surface area contributed by atoms with E-state index in [0.717, 1.165) is 32.2 Å². The maximum Gasteiger partial charge on any atom is 0.323 e. The predicted molar refractivity (Wildman–Crippen MR) is 51.5 cm³/mol. The summed E-state index contributed by atoms with van der Waals surface area (Å²) >= 11 is 0. The molecule has 0 amide bonds. The molecule has 3 heteroatoms. The molecule has 0 aromatic rings. The molecule has 1 heterocycles. The van der Waals surface area contributed by atoms with E-state index in [0.29, 0.717) is 0 Å². The quantitative estimate of drug-likeness (QED) is 0.674. The monoisotopic (exact) mass is 185 g/mol. The molecule has 13 heavy (non-hydrogen) atoms. The van der Waals surface area contributed by atoms with Crippen LogP contribution in [0.25, 0.3) is 0 Å². The van der Waals surface area contributed by atoms with E-state index < -0.39 is 0 Å². The highest BCUT2D eigenvalue weighted by atomic mass is 16.5. The third kappa shape index (κ3) is 3.35. The molecular weight excluding hydrogens is 166 g/mol. The number of ether oxygens (including phenoxy) is 1. The van der Waals surface area contributed by atoms with Crippen LogP contribution in [0.5, 0.6) is 0 Å². The minimum Gasteiger partial charge on any atom is -0.462 e. The van der Waals surface area contributed by atoms with Crippen molar-refractivity contribution in [3.8, 4) is 0 Å². The second-order valence-corrected chi connectivity index (χ2v) is 3.69. The predicted octanol–water partition coefficient (Wildman–Crippen LogP) is 1.47. The minimum absolute atomic E-state index is 0.0423. The summed E-state index contributed by atoms with van der Waals surface area (Å²) < 4.78 is 5.27. The highest BCUT2D eigenvalue weighted by molar-refractivity contribution is 5.76. The zero-order valence-electron chi connectivity index (χ0n) is 8.51. The summed E-state index contributed by atoms with van der Waals surface area (Å²) in [7, 11) is 0. The van der Waals surface area contributed by atoms with Gasteiger partial charge in [0.1, 0.15) is 6.04 Å². The SMILES string of the molecule is CCCC(C)OC(=O)[C@@H]1CCCN1. The van der Waals surface area contributed by atoms with Gasteiger partial charge in [0.15, 0.2) is 0 Å². The summed E-state index contributed by atoms with van der Waals surface area (Å²) in [5.41, 5.74) is 0. The van der Waals surface area contributed by atoms with Crippen LogP contribution in [0.4, 0.5) is 0 Å². The normalized spacial score (nSPS) is 24.3. The lowest BCUT2D eigenvalue weighted by Crippen LogP contribution is -2.34. The Kier molecular flexibility index (Phi) is 4.22. The lowest BCUT2D eigenvalue weighted by atomic mass is 10.2. The lowest BCUT2D eigenvalue weighted by Gasteiger charge is -2.15. The first-order valence-electron chi connectivity index (χ1n) is 5.18. The van der Waals surface area contributed by atoms with Gasteiger partial charge in [-0.2, -0.15) is 0 Å². The van der Waals surface area contributed by atoms with Crippen molar-refractivity contribution >= 4 is 5.97 Å². The molecular formula is C10H19NO2. The van der Waals surface area contributed by atoms with Gasteiger partial charge in [0, 0.05) is 0 Å². The van der Waals surface area contributed by atoms with Crippen molar-refractivity contribution in [1.29, 1.82) is 0 Å². The number of hydrogen-bond acceptors (Lipinski definition) is 3. The van der Waals surface area contributed by atoms with E-state index in [1.54, 1.807) is 0 Å². The zero-order chi connectivity index (χ0) is 9.68. The minimum atomic E-state index is -0.0709. The third-order valence-corrected chi connectivity index (χ3v) is 2.36. The molecule has 1 rings (SSSR count). The fourth-order valence-electron chi connectivity index (χ4n) is 1.63. The fraction of sp³-hybridized carbons (Fsp3) is 0.900. The van der Waals surface area contributed by atoms with Crippen LogP contribution in [-0.2, 0) is 9.53 Å². The summed E-state index contributed by atoms with van der Waals surface area (Å²) in [6, 6.07) is -0.0423. The summed E-state index contributed by atoms with van der Waals surface area (Å²) in [6.07, 6.45) is 4.10. The summed E-state index contributed by atoms with van der Waals surface area (Å²) in [4.78, 5) is 11.4. The first-order valence-corrected chi connectivity index (χ1v) is 5.18. The molecule has 0 saturated carbocycles. The smallest absolute Gasteiger partial charge is 0.323 e. The maximum absolute atomic E-state index is 11.4.